The topological polar surface area (TPSA) is 50.4 Å². The van der Waals surface area contributed by atoms with Crippen molar-refractivity contribution in [3.8, 4) is 5.75 Å². The minimum Gasteiger partial charge on any atom is -0.584 e. The molecule has 0 atom stereocenters. The zero-order valence-electron chi connectivity index (χ0n) is 4.50. The molecule has 1 aromatic rings. The minimum atomic E-state index is -0.476. The summed E-state index contributed by atoms with van der Waals surface area (Å²) in [7, 11) is 0. The van der Waals surface area contributed by atoms with Crippen LogP contribution in [0.25, 0.3) is 0 Å². The maximum Gasteiger partial charge on any atom is 0.111 e. The number of rotatable bonds is 0. The molecule has 0 aliphatic heterocycles. The normalized spacial score (nSPS) is 8.00. The Hall–Kier alpha value is -0.146. The van der Waals surface area contributed by atoms with Crippen molar-refractivity contribution in [3.63, 3.8) is 0 Å². The summed E-state index contributed by atoms with van der Waals surface area (Å²) < 4.78 is 4.31. The fourth-order valence-electron chi connectivity index (χ4n) is 0.309. The maximum absolute atomic E-state index is 10.3. The molecule has 0 fully saturated rings. The molecule has 0 bridgehead atoms. The van der Waals surface area contributed by atoms with Gasteiger partial charge in [0.1, 0.15) is 5.43 Å². The van der Waals surface area contributed by atoms with Crippen molar-refractivity contribution >= 4 is 0 Å². The van der Waals surface area contributed by atoms with Crippen molar-refractivity contribution in [2.75, 3.05) is 0 Å². The van der Waals surface area contributed by atoms with Gasteiger partial charge in [-0.3, -0.25) is 0 Å². The fraction of sp³-hybridized carbons (Fsp3) is 0. The Morgan fingerprint density at radius 3 is 2.67 bits per heavy atom. The van der Waals surface area contributed by atoms with E-state index in [0.717, 1.165) is 12.3 Å². The smallest absolute Gasteiger partial charge is 0.111 e. The van der Waals surface area contributed by atoms with Crippen LogP contribution in [0.15, 0.2) is 21.5 Å². The van der Waals surface area contributed by atoms with Gasteiger partial charge in [-0.05, 0) is 6.26 Å². The molecule has 1 N–H and O–H groups in total. The molecule has 1 rings (SSSR count). The van der Waals surface area contributed by atoms with Crippen LogP contribution in [0, 0.1) is 6.26 Å². The summed E-state index contributed by atoms with van der Waals surface area (Å²) in [5, 5.41) is 8.49. The van der Waals surface area contributed by atoms with Crippen LogP contribution in [0.4, 0.5) is 0 Å². The Labute approximate surface area is 76.6 Å². The number of hydrogen-bond acceptors (Lipinski definition) is 3. The third kappa shape index (κ3) is 2.28. The molecule has 0 saturated carbocycles. The van der Waals surface area contributed by atoms with Crippen LogP contribution in [-0.2, 0) is 32.7 Å². The van der Waals surface area contributed by atoms with Crippen LogP contribution in [0.1, 0.15) is 0 Å². The zero-order chi connectivity index (χ0) is 5.98. The van der Waals surface area contributed by atoms with Gasteiger partial charge in [0.15, 0.2) is 0 Å². The van der Waals surface area contributed by atoms with Crippen LogP contribution in [0.5, 0.6) is 5.75 Å². The molecule has 0 saturated heterocycles. The molecule has 0 spiro atoms. The summed E-state index contributed by atoms with van der Waals surface area (Å²) in [4.78, 5) is 10.3. The first-order valence-electron chi connectivity index (χ1n) is 1.98. The Balaban J connectivity index is 0.000000640. The van der Waals surface area contributed by atoms with Crippen LogP contribution in [-0.4, -0.2) is 5.11 Å². The summed E-state index contributed by atoms with van der Waals surface area (Å²) in [6.45, 7) is 0. The molecular formula is C5H3O3Y-. The predicted octanol–water partition coefficient (Wildman–Crippen LogP) is 0.143. The van der Waals surface area contributed by atoms with Gasteiger partial charge in [-0.25, -0.2) is 0 Å². The Bertz CT molecular complexity index is 230. The second kappa shape index (κ2) is 3.80. The molecule has 0 aliphatic carbocycles. The second-order valence-electron chi connectivity index (χ2n) is 1.25. The Kier molecular flexibility index (Phi) is 3.74. The van der Waals surface area contributed by atoms with Gasteiger partial charge in [-0.15, -0.1) is 0 Å². The third-order valence-corrected chi connectivity index (χ3v) is 0.681. The predicted molar refractivity (Wildman–Crippen MR) is 25.5 cm³/mol. The summed E-state index contributed by atoms with van der Waals surface area (Å²) in [5.41, 5.74) is -0.476. The molecule has 0 aromatic carbocycles. The van der Waals surface area contributed by atoms with Gasteiger partial charge in [0, 0.05) is 39.0 Å². The zero-order valence-corrected chi connectivity index (χ0v) is 7.33. The second-order valence-corrected chi connectivity index (χ2v) is 1.25. The third-order valence-electron chi connectivity index (χ3n) is 0.681. The first kappa shape index (κ1) is 8.85. The summed E-state index contributed by atoms with van der Waals surface area (Å²) in [6, 6.07) is 1.02. The van der Waals surface area contributed by atoms with E-state index >= 15 is 0 Å². The molecule has 0 amide bonds. The van der Waals surface area contributed by atoms with Crippen molar-refractivity contribution in [2.45, 2.75) is 0 Å². The molecule has 1 heterocycles. The van der Waals surface area contributed by atoms with Crippen LogP contribution >= 0.6 is 0 Å². The Morgan fingerprint density at radius 1 is 1.67 bits per heavy atom. The van der Waals surface area contributed by atoms with E-state index in [4.69, 9.17) is 5.11 Å². The maximum atomic E-state index is 10.3. The van der Waals surface area contributed by atoms with E-state index in [2.05, 4.69) is 10.7 Å². The SMILES string of the molecule is O=c1c[c-]occ1O.[Y]. The van der Waals surface area contributed by atoms with Gasteiger partial charge in [0.05, 0.1) is 5.75 Å². The molecule has 3 nitrogen and oxygen atoms in total. The first-order valence-corrected chi connectivity index (χ1v) is 1.98. The van der Waals surface area contributed by atoms with Crippen LogP contribution in [0.3, 0.4) is 0 Å². The van der Waals surface area contributed by atoms with Crippen LogP contribution in [0.2, 0.25) is 0 Å². The van der Waals surface area contributed by atoms with E-state index in [-0.39, 0.29) is 38.5 Å². The van der Waals surface area contributed by atoms with Crippen molar-refractivity contribution in [1.82, 2.24) is 0 Å². The van der Waals surface area contributed by atoms with E-state index in [1.807, 2.05) is 0 Å². The van der Waals surface area contributed by atoms with Crippen LogP contribution < -0.4 is 5.43 Å². The minimum absolute atomic E-state index is 0. The van der Waals surface area contributed by atoms with Crippen molar-refractivity contribution in [2.24, 2.45) is 0 Å². The summed E-state index contributed by atoms with van der Waals surface area (Å²) >= 11 is 0. The molecule has 4 heteroatoms. The quantitative estimate of drug-likeness (QED) is 0.606. The van der Waals surface area contributed by atoms with Gasteiger partial charge in [0.25, 0.3) is 0 Å². The molecular weight excluding hydrogens is 197 g/mol. The molecule has 1 aromatic heterocycles. The van der Waals surface area contributed by atoms with E-state index in [9.17, 15) is 4.79 Å². The average Bonchev–Trinajstić information content (AvgIpc) is 1.77. The summed E-state index contributed by atoms with van der Waals surface area (Å²) in [6.07, 6.45) is 3.09. The monoisotopic (exact) mass is 200 g/mol. The van der Waals surface area contributed by atoms with Gasteiger partial charge in [-0.2, -0.15) is 0 Å². The van der Waals surface area contributed by atoms with E-state index in [0.29, 0.717) is 0 Å². The Morgan fingerprint density at radius 2 is 2.33 bits per heavy atom. The first-order chi connectivity index (χ1) is 3.80. The molecule has 9 heavy (non-hydrogen) atoms. The van der Waals surface area contributed by atoms with Crippen molar-refractivity contribution in [3.05, 3.63) is 28.8 Å². The van der Waals surface area contributed by atoms with Crippen molar-refractivity contribution in [1.29, 1.82) is 0 Å². The summed E-state index contributed by atoms with van der Waals surface area (Å²) in [5.74, 6) is -0.385. The largest absolute Gasteiger partial charge is 0.584 e. The average molecular weight is 200 g/mol. The molecule has 1 radical (unpaired) electrons. The van der Waals surface area contributed by atoms with E-state index < -0.39 is 5.43 Å². The standard InChI is InChI=1S/C5H3O3.Y/c6-4-1-2-8-3-5(4)7;/h1,3,7H;/q-1;. The van der Waals surface area contributed by atoms with E-state index in [1.54, 1.807) is 0 Å². The molecule has 0 unspecified atom stereocenters. The number of hydrogen-bond donors (Lipinski definition) is 1. The van der Waals surface area contributed by atoms with Gasteiger partial charge in [0.2, 0.25) is 0 Å². The van der Waals surface area contributed by atoms with Gasteiger partial charge < -0.3 is 14.3 Å². The number of aromatic hydroxyl groups is 1. The fourth-order valence-corrected chi connectivity index (χ4v) is 0.309. The van der Waals surface area contributed by atoms with Gasteiger partial charge in [-0.1, -0.05) is 6.07 Å². The molecule has 0 aliphatic rings. The van der Waals surface area contributed by atoms with Gasteiger partial charge >= 0.3 is 0 Å². The van der Waals surface area contributed by atoms with Crippen molar-refractivity contribution < 1.29 is 42.2 Å². The van der Waals surface area contributed by atoms with E-state index in [1.165, 1.54) is 0 Å². The molecule has 45 valence electrons.